The highest BCUT2D eigenvalue weighted by Gasteiger charge is 2.34. The van der Waals surface area contributed by atoms with E-state index in [1.165, 1.54) is 50.6 Å². The average molecular weight is 476 g/mol. The first-order valence-corrected chi connectivity index (χ1v) is 13.2. The molecule has 33 heavy (non-hydrogen) atoms. The van der Waals surface area contributed by atoms with Crippen molar-refractivity contribution in [2.75, 3.05) is 31.1 Å². The molecular formula is C28H46ClN3O. The highest BCUT2D eigenvalue weighted by atomic mass is 35.5. The number of hydrogen-bond acceptors (Lipinski definition) is 3. The van der Waals surface area contributed by atoms with Gasteiger partial charge in [-0.05, 0) is 73.3 Å². The summed E-state index contributed by atoms with van der Waals surface area (Å²) in [6.07, 6.45) is 10.9. The van der Waals surface area contributed by atoms with Crippen LogP contribution >= 0.6 is 12.4 Å². The van der Waals surface area contributed by atoms with Crippen LogP contribution in [0.2, 0.25) is 0 Å². The van der Waals surface area contributed by atoms with Gasteiger partial charge in [-0.15, -0.1) is 12.4 Å². The summed E-state index contributed by atoms with van der Waals surface area (Å²) in [4.78, 5) is 16.9. The molecule has 3 fully saturated rings. The highest BCUT2D eigenvalue weighted by molar-refractivity contribution is 5.85. The molecule has 0 aromatic heterocycles. The van der Waals surface area contributed by atoms with E-state index in [0.29, 0.717) is 29.7 Å². The number of halogens is 1. The molecule has 2 aliphatic carbocycles. The van der Waals surface area contributed by atoms with E-state index in [1.54, 1.807) is 5.56 Å². The lowest BCUT2D eigenvalue weighted by Crippen LogP contribution is -2.53. The minimum Gasteiger partial charge on any atom is -0.370 e. The maximum absolute atomic E-state index is 11.6. The summed E-state index contributed by atoms with van der Waals surface area (Å²) in [5.41, 5.74) is 9.06. The van der Waals surface area contributed by atoms with Crippen LogP contribution in [0, 0.1) is 17.3 Å². The molecule has 0 bridgehead atoms. The van der Waals surface area contributed by atoms with Gasteiger partial charge in [0.05, 0.1) is 0 Å². The molecule has 2 unspecified atom stereocenters. The van der Waals surface area contributed by atoms with Gasteiger partial charge in [-0.2, -0.15) is 0 Å². The summed E-state index contributed by atoms with van der Waals surface area (Å²) in [5.74, 6) is 1.90. The van der Waals surface area contributed by atoms with E-state index in [9.17, 15) is 4.79 Å². The van der Waals surface area contributed by atoms with Gasteiger partial charge >= 0.3 is 0 Å². The number of nitrogens with zero attached hydrogens (tertiary/aromatic N) is 2. The van der Waals surface area contributed by atoms with Gasteiger partial charge in [0, 0.05) is 44.3 Å². The molecule has 4 rings (SSSR count). The molecule has 2 N–H and O–H groups in total. The molecular weight excluding hydrogens is 430 g/mol. The molecule has 1 aromatic carbocycles. The molecule has 2 atom stereocenters. The summed E-state index contributed by atoms with van der Waals surface area (Å²) in [5, 5.41) is 0. The number of carbonyl (C=O) groups excluding carboxylic acids is 1. The standard InChI is InChI=1S/C28H45N3O.ClH/c1-28(2,3)23-14-12-21(13-15-23)24-9-5-7-11-26(24)31-18-16-30(17-19-31)25-10-6-4-8-22(25)20-27(29)32;/h5,7,9,11,21-23,25H,4,6,8,10,12-20H2,1-3H3,(H2,29,32);1H. The van der Waals surface area contributed by atoms with Gasteiger partial charge in [-0.3, -0.25) is 9.69 Å². The number of para-hydroxylation sites is 1. The van der Waals surface area contributed by atoms with Crippen molar-refractivity contribution in [3.63, 3.8) is 0 Å². The van der Waals surface area contributed by atoms with Crippen LogP contribution in [0.3, 0.4) is 0 Å². The Morgan fingerprint density at radius 2 is 1.58 bits per heavy atom. The van der Waals surface area contributed by atoms with Gasteiger partial charge in [0.1, 0.15) is 0 Å². The van der Waals surface area contributed by atoms with Crippen molar-refractivity contribution in [1.82, 2.24) is 4.90 Å². The molecule has 1 saturated heterocycles. The van der Waals surface area contributed by atoms with Crippen molar-refractivity contribution in [3.05, 3.63) is 29.8 Å². The first-order valence-electron chi connectivity index (χ1n) is 13.2. The Morgan fingerprint density at radius 3 is 2.21 bits per heavy atom. The molecule has 0 spiro atoms. The number of amides is 1. The summed E-state index contributed by atoms with van der Waals surface area (Å²) >= 11 is 0. The normalized spacial score (nSPS) is 29.4. The summed E-state index contributed by atoms with van der Waals surface area (Å²) < 4.78 is 0. The number of piperazine rings is 1. The van der Waals surface area contributed by atoms with Crippen molar-refractivity contribution in [2.45, 2.75) is 90.5 Å². The van der Waals surface area contributed by atoms with Gasteiger partial charge in [0.2, 0.25) is 5.91 Å². The maximum atomic E-state index is 11.6. The second-order valence-electron chi connectivity index (χ2n) is 11.8. The predicted molar refractivity (Wildman–Crippen MR) is 141 cm³/mol. The topological polar surface area (TPSA) is 49.6 Å². The second kappa shape index (κ2) is 11.4. The summed E-state index contributed by atoms with van der Waals surface area (Å²) in [6.45, 7) is 11.6. The number of rotatable bonds is 5. The number of nitrogens with two attached hydrogens (primary N) is 1. The molecule has 1 aliphatic heterocycles. The van der Waals surface area contributed by atoms with Crippen molar-refractivity contribution >= 4 is 24.0 Å². The Kier molecular flexibility index (Phi) is 9.14. The van der Waals surface area contributed by atoms with Crippen molar-refractivity contribution < 1.29 is 4.79 Å². The van der Waals surface area contributed by atoms with E-state index in [1.807, 2.05) is 0 Å². The van der Waals surface area contributed by atoms with Crippen LogP contribution in [0.25, 0.3) is 0 Å². The van der Waals surface area contributed by atoms with E-state index < -0.39 is 0 Å². The van der Waals surface area contributed by atoms with E-state index in [-0.39, 0.29) is 18.3 Å². The third-order valence-corrected chi connectivity index (χ3v) is 8.78. The Morgan fingerprint density at radius 1 is 0.939 bits per heavy atom. The van der Waals surface area contributed by atoms with Gasteiger partial charge in [-0.25, -0.2) is 0 Å². The monoisotopic (exact) mass is 475 g/mol. The Labute approximate surface area is 208 Å². The van der Waals surface area contributed by atoms with Crippen LogP contribution in [0.15, 0.2) is 24.3 Å². The third-order valence-electron chi connectivity index (χ3n) is 8.78. The van der Waals surface area contributed by atoms with Crippen molar-refractivity contribution in [3.8, 4) is 0 Å². The zero-order chi connectivity index (χ0) is 22.7. The SMILES string of the molecule is CC(C)(C)C1CCC(c2ccccc2N2CCN(C3CCCCC3CC(N)=O)CC2)CC1.Cl. The largest absolute Gasteiger partial charge is 0.370 e. The van der Waals surface area contributed by atoms with Gasteiger partial charge < -0.3 is 10.6 Å². The quantitative estimate of drug-likeness (QED) is 0.569. The number of anilines is 1. The smallest absolute Gasteiger partial charge is 0.217 e. The first-order chi connectivity index (χ1) is 15.3. The minimum absolute atomic E-state index is 0. The average Bonchev–Trinajstić information content (AvgIpc) is 2.79. The number of benzene rings is 1. The lowest BCUT2D eigenvalue weighted by Gasteiger charge is -2.45. The zero-order valence-corrected chi connectivity index (χ0v) is 21.9. The molecule has 1 aromatic rings. The molecule has 186 valence electrons. The summed E-state index contributed by atoms with van der Waals surface area (Å²) in [7, 11) is 0. The second-order valence-corrected chi connectivity index (χ2v) is 11.8. The molecule has 2 saturated carbocycles. The first kappa shape index (κ1) is 26.3. The van der Waals surface area contributed by atoms with Gasteiger partial charge in [0.15, 0.2) is 0 Å². The van der Waals surface area contributed by atoms with Gasteiger partial charge in [-0.1, -0.05) is 51.8 Å². The molecule has 1 heterocycles. The number of carbonyl (C=O) groups is 1. The molecule has 3 aliphatic rings. The molecule has 1 amide bonds. The Bertz CT molecular complexity index is 761. The number of primary amides is 1. The van der Waals surface area contributed by atoms with Crippen LogP contribution in [-0.4, -0.2) is 43.0 Å². The van der Waals surface area contributed by atoms with Gasteiger partial charge in [0.25, 0.3) is 0 Å². The predicted octanol–water partition coefficient (Wildman–Crippen LogP) is 5.98. The van der Waals surface area contributed by atoms with Crippen molar-refractivity contribution in [1.29, 1.82) is 0 Å². The highest BCUT2D eigenvalue weighted by Crippen LogP contribution is 2.45. The van der Waals surface area contributed by atoms with E-state index >= 15 is 0 Å². The van der Waals surface area contributed by atoms with Crippen LogP contribution in [0.1, 0.15) is 90.0 Å². The van der Waals surface area contributed by atoms with E-state index in [4.69, 9.17) is 5.73 Å². The third kappa shape index (κ3) is 6.45. The zero-order valence-electron chi connectivity index (χ0n) is 21.1. The van der Waals surface area contributed by atoms with E-state index in [2.05, 4.69) is 54.8 Å². The lowest BCUT2D eigenvalue weighted by atomic mass is 9.68. The van der Waals surface area contributed by atoms with Crippen molar-refractivity contribution in [2.24, 2.45) is 23.0 Å². The lowest BCUT2D eigenvalue weighted by molar-refractivity contribution is -0.119. The molecule has 4 nitrogen and oxygen atoms in total. The fraction of sp³-hybridized carbons (Fsp3) is 0.750. The fourth-order valence-corrected chi connectivity index (χ4v) is 6.85. The number of hydrogen-bond donors (Lipinski definition) is 1. The maximum Gasteiger partial charge on any atom is 0.217 e. The minimum atomic E-state index is -0.129. The Hall–Kier alpha value is -1.26. The van der Waals surface area contributed by atoms with Crippen LogP contribution in [0.4, 0.5) is 5.69 Å². The van der Waals surface area contributed by atoms with E-state index in [0.717, 1.165) is 38.5 Å². The fourth-order valence-electron chi connectivity index (χ4n) is 6.85. The van der Waals surface area contributed by atoms with Crippen LogP contribution in [0.5, 0.6) is 0 Å². The van der Waals surface area contributed by atoms with Crippen LogP contribution < -0.4 is 10.6 Å². The Balaban J connectivity index is 0.00000306. The molecule has 5 heteroatoms. The summed E-state index contributed by atoms with van der Waals surface area (Å²) in [6, 6.07) is 9.75. The van der Waals surface area contributed by atoms with Crippen LogP contribution in [-0.2, 0) is 4.79 Å². The molecule has 0 radical (unpaired) electrons.